The summed E-state index contributed by atoms with van der Waals surface area (Å²) in [5.41, 5.74) is -2.27. The van der Waals surface area contributed by atoms with Gasteiger partial charge in [-0.05, 0) is 42.7 Å². The number of esters is 1. The van der Waals surface area contributed by atoms with Gasteiger partial charge in [0.05, 0.1) is 11.3 Å². The first-order valence-electron chi connectivity index (χ1n) is 10.1. The number of nitrogens with zero attached hydrogens (tertiary/aromatic N) is 3. The maximum atomic E-state index is 13.4. The Morgan fingerprint density at radius 3 is 2.49 bits per heavy atom. The molecule has 1 fully saturated rings. The van der Waals surface area contributed by atoms with Crippen LogP contribution in [0.2, 0.25) is 0 Å². The first-order chi connectivity index (χ1) is 16.4. The van der Waals surface area contributed by atoms with E-state index in [1.54, 1.807) is 0 Å². The average Bonchev–Trinajstić information content (AvgIpc) is 2.77. The lowest BCUT2D eigenvalue weighted by Crippen LogP contribution is -2.43. The van der Waals surface area contributed by atoms with Crippen molar-refractivity contribution >= 4 is 27.7 Å². The number of carbonyl (C=O) groups excluding carboxylic acids is 2. The van der Waals surface area contributed by atoms with Gasteiger partial charge in [0.15, 0.2) is 5.69 Å². The molecule has 0 atom stereocenters. The first-order valence-corrected chi connectivity index (χ1v) is 11.8. The Balaban J connectivity index is 1.65. The molecule has 0 aliphatic carbocycles. The first kappa shape index (κ1) is 25.9. The van der Waals surface area contributed by atoms with Crippen molar-refractivity contribution in [1.82, 2.24) is 9.71 Å². The number of pyridine rings is 1. The molecule has 0 spiro atoms. The van der Waals surface area contributed by atoms with Gasteiger partial charge in [-0.2, -0.15) is 13.2 Å². The Kier molecular flexibility index (Phi) is 7.59. The number of ether oxygens (including phenoxy) is 1. The number of piperidine rings is 1. The number of amides is 1. The number of nitrogens with one attached hydrogen (secondary N) is 1. The van der Waals surface area contributed by atoms with Crippen LogP contribution >= 0.6 is 0 Å². The van der Waals surface area contributed by atoms with Crippen LogP contribution in [0.3, 0.4) is 0 Å². The lowest BCUT2D eigenvalue weighted by atomic mass is 9.96. The second kappa shape index (κ2) is 10.3. The van der Waals surface area contributed by atoms with Crippen molar-refractivity contribution in [2.75, 3.05) is 18.0 Å². The van der Waals surface area contributed by atoms with Crippen LogP contribution in [0.15, 0.2) is 36.4 Å². The maximum Gasteiger partial charge on any atom is 0.434 e. The molecule has 2 heterocycles. The van der Waals surface area contributed by atoms with Gasteiger partial charge in [0.1, 0.15) is 11.6 Å². The van der Waals surface area contributed by atoms with E-state index in [0.29, 0.717) is 0 Å². The van der Waals surface area contributed by atoms with Crippen LogP contribution in [0.1, 0.15) is 34.5 Å². The molecule has 1 aliphatic heterocycles. The Morgan fingerprint density at radius 1 is 1.20 bits per heavy atom. The molecule has 0 bridgehead atoms. The van der Waals surface area contributed by atoms with E-state index in [4.69, 9.17) is 5.26 Å². The molecule has 1 aromatic heterocycles. The standard InChI is InChI=1S/C21H18F4N4O5S/c22-15-3-1-2-13(10-15)11-35(32,33)28-19(30)14-6-8-29(9-7-14)17-5-4-16(20(31)34-12-26)18(27-17)21(23,24)25/h1-5,10,14H,6-9,11H2,(H,28,30). The summed E-state index contributed by atoms with van der Waals surface area (Å²) < 4.78 is 83.9. The van der Waals surface area contributed by atoms with Crippen LogP contribution in [-0.2, 0) is 31.5 Å². The molecule has 1 amide bonds. The quantitative estimate of drug-likeness (QED) is 0.354. The zero-order chi connectivity index (χ0) is 25.8. The number of hydrogen-bond donors (Lipinski definition) is 1. The Labute approximate surface area is 197 Å². The topological polar surface area (TPSA) is 129 Å². The minimum absolute atomic E-state index is 0.0916. The van der Waals surface area contributed by atoms with Crippen LogP contribution in [0.4, 0.5) is 23.4 Å². The smallest absolute Gasteiger partial charge is 0.357 e. The van der Waals surface area contributed by atoms with Crippen molar-refractivity contribution in [2.45, 2.75) is 24.8 Å². The van der Waals surface area contributed by atoms with Crippen molar-refractivity contribution < 1.29 is 40.3 Å². The van der Waals surface area contributed by atoms with Gasteiger partial charge >= 0.3 is 12.1 Å². The minimum Gasteiger partial charge on any atom is -0.357 e. The summed E-state index contributed by atoms with van der Waals surface area (Å²) in [6, 6.07) is 6.94. The van der Waals surface area contributed by atoms with E-state index < -0.39 is 56.8 Å². The van der Waals surface area contributed by atoms with Crippen molar-refractivity contribution in [3.63, 3.8) is 0 Å². The van der Waals surface area contributed by atoms with Gasteiger partial charge in [0.2, 0.25) is 15.9 Å². The molecule has 0 saturated carbocycles. The van der Waals surface area contributed by atoms with E-state index in [1.807, 2.05) is 4.72 Å². The predicted octanol–water partition coefficient (Wildman–Crippen LogP) is 2.74. The average molecular weight is 514 g/mol. The fraction of sp³-hybridized carbons (Fsp3) is 0.333. The third-order valence-corrected chi connectivity index (χ3v) is 6.42. The monoisotopic (exact) mass is 514 g/mol. The van der Waals surface area contributed by atoms with E-state index in [1.165, 1.54) is 17.0 Å². The van der Waals surface area contributed by atoms with Gasteiger partial charge < -0.3 is 9.64 Å². The summed E-state index contributed by atoms with van der Waals surface area (Å²) in [4.78, 5) is 29.1. The third kappa shape index (κ3) is 6.66. The number of alkyl halides is 3. The van der Waals surface area contributed by atoms with Crippen molar-refractivity contribution in [3.8, 4) is 6.26 Å². The molecule has 14 heteroatoms. The van der Waals surface area contributed by atoms with Crippen molar-refractivity contribution in [2.24, 2.45) is 5.92 Å². The summed E-state index contributed by atoms with van der Waals surface area (Å²) in [6.45, 7) is 0.183. The van der Waals surface area contributed by atoms with Gasteiger partial charge in [-0.3, -0.25) is 9.52 Å². The summed E-state index contributed by atoms with van der Waals surface area (Å²) >= 11 is 0. The highest BCUT2D eigenvalue weighted by Crippen LogP contribution is 2.33. The van der Waals surface area contributed by atoms with E-state index in [-0.39, 0.29) is 37.3 Å². The van der Waals surface area contributed by atoms with Gasteiger partial charge in [-0.15, -0.1) is 5.26 Å². The van der Waals surface area contributed by atoms with Crippen molar-refractivity contribution in [3.05, 3.63) is 59.0 Å². The fourth-order valence-electron chi connectivity index (χ4n) is 3.59. The van der Waals surface area contributed by atoms with E-state index >= 15 is 0 Å². The molecular formula is C21H18F4N4O5S. The highest BCUT2D eigenvalue weighted by atomic mass is 32.2. The highest BCUT2D eigenvalue weighted by molar-refractivity contribution is 7.89. The molecule has 1 aromatic carbocycles. The number of carbonyl (C=O) groups is 2. The van der Waals surface area contributed by atoms with Crippen LogP contribution in [-0.4, -0.2) is 38.4 Å². The molecule has 0 radical (unpaired) electrons. The summed E-state index contributed by atoms with van der Waals surface area (Å²) in [5, 5.41) is 8.39. The van der Waals surface area contributed by atoms with Crippen LogP contribution in [0, 0.1) is 23.3 Å². The Bertz CT molecular complexity index is 1270. The number of nitriles is 1. The maximum absolute atomic E-state index is 13.4. The Morgan fingerprint density at radius 2 is 1.89 bits per heavy atom. The lowest BCUT2D eigenvalue weighted by molar-refractivity contribution is -0.141. The fourth-order valence-corrected chi connectivity index (χ4v) is 4.76. The number of hydrogen-bond acceptors (Lipinski definition) is 8. The Hall–Kier alpha value is -3.73. The molecule has 1 aliphatic rings. The zero-order valence-corrected chi connectivity index (χ0v) is 18.7. The molecular weight excluding hydrogens is 496 g/mol. The van der Waals surface area contributed by atoms with E-state index in [2.05, 4.69) is 9.72 Å². The van der Waals surface area contributed by atoms with Gasteiger partial charge in [-0.1, -0.05) is 12.1 Å². The number of aromatic nitrogens is 1. The van der Waals surface area contributed by atoms with Crippen LogP contribution in [0.5, 0.6) is 0 Å². The summed E-state index contributed by atoms with van der Waals surface area (Å²) in [6.07, 6.45) is -3.72. The molecule has 1 saturated heterocycles. The molecule has 3 rings (SSSR count). The molecule has 9 nitrogen and oxygen atoms in total. The molecule has 2 aromatic rings. The largest absolute Gasteiger partial charge is 0.434 e. The number of benzene rings is 1. The molecule has 35 heavy (non-hydrogen) atoms. The molecule has 186 valence electrons. The molecule has 0 unspecified atom stereocenters. The minimum atomic E-state index is -4.99. The van der Waals surface area contributed by atoms with Gasteiger partial charge in [0, 0.05) is 19.0 Å². The highest BCUT2D eigenvalue weighted by Gasteiger charge is 2.39. The van der Waals surface area contributed by atoms with Gasteiger partial charge in [-0.25, -0.2) is 22.6 Å². The second-order valence-corrected chi connectivity index (χ2v) is 9.38. The predicted molar refractivity (Wildman–Crippen MR) is 112 cm³/mol. The third-order valence-electron chi connectivity index (χ3n) is 5.20. The number of anilines is 1. The number of halogens is 4. The van der Waals surface area contributed by atoms with E-state index in [9.17, 15) is 35.6 Å². The zero-order valence-electron chi connectivity index (χ0n) is 17.9. The van der Waals surface area contributed by atoms with Crippen molar-refractivity contribution in [1.29, 1.82) is 5.26 Å². The summed E-state index contributed by atoms with van der Waals surface area (Å²) in [7, 11) is -4.09. The van der Waals surface area contributed by atoms with Crippen LogP contribution in [0.25, 0.3) is 0 Å². The SMILES string of the molecule is N#COC(=O)c1ccc(N2CCC(C(=O)NS(=O)(=O)Cc3cccc(F)c3)CC2)nc1C(F)(F)F. The second-order valence-electron chi connectivity index (χ2n) is 7.66. The number of sulfonamides is 1. The van der Waals surface area contributed by atoms with Crippen LogP contribution < -0.4 is 9.62 Å². The summed E-state index contributed by atoms with van der Waals surface area (Å²) in [5.74, 6) is -4.30. The van der Waals surface area contributed by atoms with Gasteiger partial charge in [0.25, 0.3) is 6.26 Å². The molecule has 1 N–H and O–H groups in total. The normalized spacial score (nSPS) is 14.8. The lowest BCUT2D eigenvalue weighted by Gasteiger charge is -2.32. The van der Waals surface area contributed by atoms with E-state index in [0.717, 1.165) is 30.5 Å². The number of rotatable bonds is 6.